The highest BCUT2D eigenvalue weighted by molar-refractivity contribution is 7.98. The van der Waals surface area contributed by atoms with E-state index in [0.29, 0.717) is 26.2 Å². The summed E-state index contributed by atoms with van der Waals surface area (Å²) < 4.78 is 0. The second kappa shape index (κ2) is 6.75. The van der Waals surface area contributed by atoms with Crippen molar-refractivity contribution in [3.63, 3.8) is 0 Å². The molecule has 0 fully saturated rings. The van der Waals surface area contributed by atoms with E-state index in [9.17, 15) is 0 Å². The molecule has 0 aliphatic carbocycles. The van der Waals surface area contributed by atoms with Gasteiger partial charge in [0, 0.05) is 21.0 Å². The Labute approximate surface area is 151 Å². The van der Waals surface area contributed by atoms with Gasteiger partial charge in [-0.15, -0.1) is 11.8 Å². The van der Waals surface area contributed by atoms with Gasteiger partial charge in [0.1, 0.15) is 0 Å². The van der Waals surface area contributed by atoms with Crippen LogP contribution in [-0.2, 0) is 0 Å². The van der Waals surface area contributed by atoms with Crippen molar-refractivity contribution in [2.45, 2.75) is 4.90 Å². The summed E-state index contributed by atoms with van der Waals surface area (Å²) in [6.45, 7) is 0. The third kappa shape index (κ3) is 3.15. The highest BCUT2D eigenvalue weighted by Crippen LogP contribution is 2.45. The number of hydrogen-bond donors (Lipinski definition) is 0. The van der Waals surface area contributed by atoms with Crippen molar-refractivity contribution in [3.8, 4) is 11.1 Å². The topological polar surface area (TPSA) is 0 Å². The molecule has 0 saturated carbocycles. The molecular formula is C13H6Cl6S. The zero-order valence-electron chi connectivity index (χ0n) is 9.91. The van der Waals surface area contributed by atoms with Crippen LogP contribution < -0.4 is 0 Å². The number of benzene rings is 2. The maximum atomic E-state index is 6.28. The molecule has 0 aliphatic rings. The number of hydrogen-bond acceptors (Lipinski definition) is 1. The number of thioether (sulfide) groups is 1. The van der Waals surface area contributed by atoms with Crippen LogP contribution in [0.4, 0.5) is 0 Å². The van der Waals surface area contributed by atoms with E-state index in [4.69, 9.17) is 69.6 Å². The standard InChI is InChI=1S/C13H6Cl6S/c1-20-10-4-7(14)5(2-8(10)15)6-3-9(16)12(18)13(19)11(6)17/h2-4H,1H3. The van der Waals surface area contributed by atoms with Crippen LogP contribution in [0.5, 0.6) is 0 Å². The summed E-state index contributed by atoms with van der Waals surface area (Å²) in [5, 5.41) is 2.08. The van der Waals surface area contributed by atoms with E-state index in [1.54, 1.807) is 18.2 Å². The third-order valence-corrected chi connectivity index (χ3v) is 5.90. The van der Waals surface area contributed by atoms with Crippen molar-refractivity contribution in [3.05, 3.63) is 48.3 Å². The van der Waals surface area contributed by atoms with Crippen LogP contribution in [0.25, 0.3) is 11.1 Å². The molecule has 2 aromatic rings. The first-order valence-corrected chi connectivity index (χ1v) is 8.72. The normalized spacial score (nSPS) is 10.9. The first-order chi connectivity index (χ1) is 9.36. The molecule has 0 radical (unpaired) electrons. The zero-order valence-corrected chi connectivity index (χ0v) is 15.3. The largest absolute Gasteiger partial charge is 0.128 e. The molecule has 0 nitrogen and oxygen atoms in total. The lowest BCUT2D eigenvalue weighted by Gasteiger charge is -2.12. The van der Waals surface area contributed by atoms with Gasteiger partial charge in [-0.3, -0.25) is 0 Å². The van der Waals surface area contributed by atoms with E-state index < -0.39 is 0 Å². The summed E-state index contributed by atoms with van der Waals surface area (Å²) in [6, 6.07) is 5.13. The summed E-state index contributed by atoms with van der Waals surface area (Å²) in [6.07, 6.45) is 1.92. The van der Waals surface area contributed by atoms with E-state index in [1.165, 1.54) is 11.8 Å². The Morgan fingerprint density at radius 2 is 1.25 bits per heavy atom. The monoisotopic (exact) mass is 404 g/mol. The summed E-state index contributed by atoms with van der Waals surface area (Å²) in [5.41, 5.74) is 1.24. The zero-order chi connectivity index (χ0) is 15.0. The number of rotatable bonds is 2. The van der Waals surface area contributed by atoms with Gasteiger partial charge in [0.25, 0.3) is 0 Å². The lowest BCUT2D eigenvalue weighted by atomic mass is 10.1. The molecule has 0 unspecified atom stereocenters. The highest BCUT2D eigenvalue weighted by atomic mass is 35.5. The van der Waals surface area contributed by atoms with Crippen LogP contribution in [0.15, 0.2) is 23.1 Å². The predicted octanol–water partition coefficient (Wildman–Crippen LogP) is 8.00. The van der Waals surface area contributed by atoms with E-state index in [1.807, 2.05) is 6.26 Å². The molecule has 0 aromatic heterocycles. The lowest BCUT2D eigenvalue weighted by Crippen LogP contribution is -1.87. The van der Waals surface area contributed by atoms with E-state index >= 15 is 0 Å². The summed E-state index contributed by atoms with van der Waals surface area (Å²) in [4.78, 5) is 0.877. The van der Waals surface area contributed by atoms with Crippen molar-refractivity contribution >= 4 is 81.4 Å². The summed E-state index contributed by atoms with van der Waals surface area (Å²) in [7, 11) is 0. The highest BCUT2D eigenvalue weighted by Gasteiger charge is 2.17. The molecule has 0 bridgehead atoms. The lowest BCUT2D eigenvalue weighted by molar-refractivity contribution is 1.46. The van der Waals surface area contributed by atoms with Gasteiger partial charge in [-0.25, -0.2) is 0 Å². The smallest absolute Gasteiger partial charge is 0.0800 e. The Balaban J connectivity index is 2.72. The quantitative estimate of drug-likeness (QED) is 0.276. The Kier molecular flexibility index (Phi) is 5.70. The van der Waals surface area contributed by atoms with E-state index in [0.717, 1.165) is 4.90 Å². The van der Waals surface area contributed by atoms with E-state index in [-0.39, 0.29) is 15.1 Å². The minimum absolute atomic E-state index is 0.192. The van der Waals surface area contributed by atoms with Crippen molar-refractivity contribution in [2.75, 3.05) is 6.26 Å². The molecule has 106 valence electrons. The molecule has 0 saturated heterocycles. The van der Waals surface area contributed by atoms with Crippen molar-refractivity contribution in [2.24, 2.45) is 0 Å². The Morgan fingerprint density at radius 3 is 1.85 bits per heavy atom. The third-order valence-electron chi connectivity index (χ3n) is 2.63. The van der Waals surface area contributed by atoms with Gasteiger partial charge in [0.05, 0.1) is 25.1 Å². The fourth-order valence-electron chi connectivity index (χ4n) is 1.66. The minimum atomic E-state index is 0.192. The number of halogens is 6. The molecule has 0 atom stereocenters. The molecule has 2 aromatic carbocycles. The Bertz CT molecular complexity index is 683. The molecule has 0 spiro atoms. The molecule has 0 amide bonds. The average molecular weight is 407 g/mol. The first kappa shape index (κ1) is 16.9. The fraction of sp³-hybridized carbons (Fsp3) is 0.0769. The second-order valence-electron chi connectivity index (χ2n) is 3.81. The molecule has 7 heteroatoms. The van der Waals surface area contributed by atoms with Crippen LogP contribution in [-0.4, -0.2) is 6.26 Å². The molecule has 0 N–H and O–H groups in total. The van der Waals surface area contributed by atoms with Gasteiger partial charge in [-0.05, 0) is 24.5 Å². The molecule has 20 heavy (non-hydrogen) atoms. The second-order valence-corrected chi connectivity index (χ2v) is 7.02. The van der Waals surface area contributed by atoms with Gasteiger partial charge in [-0.1, -0.05) is 69.6 Å². The van der Waals surface area contributed by atoms with Crippen molar-refractivity contribution in [1.29, 1.82) is 0 Å². The van der Waals surface area contributed by atoms with Gasteiger partial charge in [0.15, 0.2) is 0 Å². The summed E-state index contributed by atoms with van der Waals surface area (Å²) in [5.74, 6) is 0. The van der Waals surface area contributed by atoms with Crippen LogP contribution in [0.1, 0.15) is 0 Å². The first-order valence-electron chi connectivity index (χ1n) is 5.23. The maximum absolute atomic E-state index is 6.28. The molecule has 0 aliphatic heterocycles. The molecule has 2 rings (SSSR count). The maximum Gasteiger partial charge on any atom is 0.0800 e. The van der Waals surface area contributed by atoms with Crippen LogP contribution >= 0.6 is 81.4 Å². The van der Waals surface area contributed by atoms with Crippen LogP contribution in [0.3, 0.4) is 0 Å². The SMILES string of the molecule is CSc1cc(Cl)c(-c2cc(Cl)c(Cl)c(Cl)c2Cl)cc1Cl. The van der Waals surface area contributed by atoms with Crippen molar-refractivity contribution in [1.82, 2.24) is 0 Å². The molecular weight excluding hydrogens is 401 g/mol. The fourth-order valence-corrected chi connectivity index (χ4v) is 3.78. The molecule has 0 heterocycles. The summed E-state index contributed by atoms with van der Waals surface area (Å²) >= 11 is 38.3. The average Bonchev–Trinajstić information content (AvgIpc) is 2.42. The van der Waals surface area contributed by atoms with Gasteiger partial charge in [0.2, 0.25) is 0 Å². The minimum Gasteiger partial charge on any atom is -0.128 e. The predicted molar refractivity (Wildman–Crippen MR) is 93.7 cm³/mol. The van der Waals surface area contributed by atoms with Crippen molar-refractivity contribution < 1.29 is 0 Å². The Morgan fingerprint density at radius 1 is 0.650 bits per heavy atom. The van der Waals surface area contributed by atoms with Gasteiger partial charge >= 0.3 is 0 Å². The van der Waals surface area contributed by atoms with E-state index in [2.05, 4.69) is 0 Å². The van der Waals surface area contributed by atoms with Crippen LogP contribution in [0, 0.1) is 0 Å². The van der Waals surface area contributed by atoms with Gasteiger partial charge < -0.3 is 0 Å². The van der Waals surface area contributed by atoms with Crippen LogP contribution in [0.2, 0.25) is 30.1 Å². The Hall–Kier alpha value is 0.530. The van der Waals surface area contributed by atoms with Gasteiger partial charge in [-0.2, -0.15) is 0 Å².